The molecule has 0 aliphatic carbocycles. The Morgan fingerprint density at radius 3 is 2.28 bits per heavy atom. The Kier molecular flexibility index (Phi) is 8.52. The van der Waals surface area contributed by atoms with Crippen LogP contribution < -0.4 is 10.1 Å². The van der Waals surface area contributed by atoms with E-state index in [1.165, 1.54) is 4.90 Å². The summed E-state index contributed by atoms with van der Waals surface area (Å²) in [6.45, 7) is 7.82. The van der Waals surface area contributed by atoms with Gasteiger partial charge < -0.3 is 15.0 Å². The quantitative estimate of drug-likeness (QED) is 0.660. The molecule has 0 aromatic heterocycles. The van der Waals surface area contributed by atoms with Crippen LogP contribution in [0.25, 0.3) is 0 Å². The van der Waals surface area contributed by atoms with Gasteiger partial charge in [-0.05, 0) is 57.0 Å². The molecule has 6 heteroatoms. The fourth-order valence-electron chi connectivity index (χ4n) is 2.70. The summed E-state index contributed by atoms with van der Waals surface area (Å²) in [5.41, 5.74) is 2.00. The molecule has 0 bridgehead atoms. The highest BCUT2D eigenvalue weighted by atomic mass is 35.5. The number of nitrogens with one attached hydrogen (secondary N) is 1. The van der Waals surface area contributed by atoms with Crippen molar-refractivity contribution in [3.05, 3.63) is 64.7 Å². The topological polar surface area (TPSA) is 58.6 Å². The van der Waals surface area contributed by atoms with E-state index in [1.807, 2.05) is 57.2 Å². The molecule has 2 rings (SSSR count). The van der Waals surface area contributed by atoms with Gasteiger partial charge in [0.1, 0.15) is 11.8 Å². The van der Waals surface area contributed by atoms with E-state index in [-0.39, 0.29) is 24.5 Å². The Balaban J connectivity index is 2.13. The first kappa shape index (κ1) is 22.8. The summed E-state index contributed by atoms with van der Waals surface area (Å²) in [5.74, 6) is 0.177. The number of aryl methyl sites for hydroxylation is 1. The number of nitrogens with zero attached hydrogens (tertiary/aromatic N) is 1. The highest BCUT2D eigenvalue weighted by molar-refractivity contribution is 6.30. The molecule has 0 aliphatic rings. The van der Waals surface area contributed by atoms with Crippen LogP contribution in [0.2, 0.25) is 5.02 Å². The molecule has 5 nitrogen and oxygen atoms in total. The molecule has 0 heterocycles. The predicted molar refractivity (Wildman–Crippen MR) is 116 cm³/mol. The summed E-state index contributed by atoms with van der Waals surface area (Å²) in [6.07, 6.45) is 0.820. The molecule has 2 atom stereocenters. The highest BCUT2D eigenvalue weighted by Crippen LogP contribution is 2.15. The lowest BCUT2D eigenvalue weighted by Crippen LogP contribution is -2.50. The van der Waals surface area contributed by atoms with E-state index in [4.69, 9.17) is 16.3 Å². The third-order valence-corrected chi connectivity index (χ3v) is 5.07. The van der Waals surface area contributed by atoms with Crippen molar-refractivity contribution in [3.8, 4) is 5.75 Å². The smallest absolute Gasteiger partial charge is 0.261 e. The Morgan fingerprint density at radius 1 is 1.07 bits per heavy atom. The van der Waals surface area contributed by atoms with Crippen molar-refractivity contribution < 1.29 is 14.3 Å². The largest absolute Gasteiger partial charge is 0.484 e. The van der Waals surface area contributed by atoms with Crippen molar-refractivity contribution in [2.24, 2.45) is 0 Å². The number of carbonyl (C=O) groups excluding carboxylic acids is 2. The average Bonchev–Trinajstić information content (AvgIpc) is 2.72. The van der Waals surface area contributed by atoms with Gasteiger partial charge in [-0.15, -0.1) is 0 Å². The molecule has 156 valence electrons. The summed E-state index contributed by atoms with van der Waals surface area (Å²) in [6, 6.07) is 14.1. The minimum Gasteiger partial charge on any atom is -0.484 e. The lowest BCUT2D eigenvalue weighted by molar-refractivity contribution is -0.142. The molecule has 0 unspecified atom stereocenters. The second-order valence-electron chi connectivity index (χ2n) is 7.24. The van der Waals surface area contributed by atoms with Gasteiger partial charge in [-0.2, -0.15) is 0 Å². The lowest BCUT2D eigenvalue weighted by atomic mass is 10.1. The molecule has 2 aromatic rings. The number of halogens is 1. The van der Waals surface area contributed by atoms with Gasteiger partial charge in [0.05, 0.1) is 0 Å². The number of ether oxygens (including phenoxy) is 1. The number of rotatable bonds is 9. The molecule has 2 amide bonds. The second kappa shape index (κ2) is 10.9. The maximum absolute atomic E-state index is 13.0. The molecule has 0 saturated heterocycles. The van der Waals surface area contributed by atoms with E-state index in [0.717, 1.165) is 17.5 Å². The van der Waals surface area contributed by atoms with E-state index in [9.17, 15) is 9.59 Å². The zero-order valence-electron chi connectivity index (χ0n) is 17.4. The van der Waals surface area contributed by atoms with Gasteiger partial charge in [0.2, 0.25) is 5.91 Å². The van der Waals surface area contributed by atoms with Crippen molar-refractivity contribution in [3.63, 3.8) is 0 Å². The van der Waals surface area contributed by atoms with Crippen molar-refractivity contribution in [2.45, 2.75) is 52.7 Å². The highest BCUT2D eigenvalue weighted by Gasteiger charge is 2.27. The monoisotopic (exact) mass is 416 g/mol. The van der Waals surface area contributed by atoms with E-state index < -0.39 is 6.04 Å². The fraction of sp³-hybridized carbons (Fsp3) is 0.391. The number of hydrogen-bond acceptors (Lipinski definition) is 3. The van der Waals surface area contributed by atoms with Gasteiger partial charge in [0, 0.05) is 17.6 Å². The Labute approximate surface area is 178 Å². The van der Waals surface area contributed by atoms with Crippen molar-refractivity contribution in [2.75, 3.05) is 6.61 Å². The standard InChI is InChI=1S/C23H29ClN2O3/c1-5-17(3)25-23(28)18(4)26(14-19-8-10-20(24)11-9-19)22(27)15-29-21-12-6-16(2)7-13-21/h6-13,17-18H,5,14-15H2,1-4H3,(H,25,28)/t17-,18+/m1/s1. The zero-order valence-corrected chi connectivity index (χ0v) is 18.2. The Bertz CT molecular complexity index is 806. The number of hydrogen-bond donors (Lipinski definition) is 1. The van der Waals surface area contributed by atoms with Gasteiger partial charge in [-0.1, -0.05) is 48.4 Å². The number of benzene rings is 2. The maximum Gasteiger partial charge on any atom is 0.261 e. The van der Waals surface area contributed by atoms with Gasteiger partial charge in [0.15, 0.2) is 6.61 Å². The first-order valence-electron chi connectivity index (χ1n) is 9.84. The molecule has 0 radical (unpaired) electrons. The van der Waals surface area contributed by atoms with Gasteiger partial charge >= 0.3 is 0 Å². The number of carbonyl (C=O) groups is 2. The van der Waals surface area contributed by atoms with Crippen LogP contribution in [0.4, 0.5) is 0 Å². The summed E-state index contributed by atoms with van der Waals surface area (Å²) in [5, 5.41) is 3.57. The molecule has 29 heavy (non-hydrogen) atoms. The van der Waals surface area contributed by atoms with E-state index in [0.29, 0.717) is 17.3 Å². The Morgan fingerprint density at radius 2 is 1.69 bits per heavy atom. The Hall–Kier alpha value is -2.53. The molecular formula is C23H29ClN2O3. The minimum absolute atomic E-state index is 0.0428. The maximum atomic E-state index is 13.0. The third-order valence-electron chi connectivity index (χ3n) is 4.82. The van der Waals surface area contributed by atoms with Crippen LogP contribution in [0.15, 0.2) is 48.5 Å². The summed E-state index contributed by atoms with van der Waals surface area (Å²) in [4.78, 5) is 27.1. The molecule has 1 N–H and O–H groups in total. The van der Waals surface area contributed by atoms with Crippen LogP contribution in [0.5, 0.6) is 5.75 Å². The first-order valence-corrected chi connectivity index (χ1v) is 10.2. The lowest BCUT2D eigenvalue weighted by Gasteiger charge is -2.29. The predicted octanol–water partition coefficient (Wildman–Crippen LogP) is 4.36. The molecule has 0 fully saturated rings. The number of amides is 2. The van der Waals surface area contributed by atoms with E-state index in [2.05, 4.69) is 5.32 Å². The SMILES string of the molecule is CC[C@@H](C)NC(=O)[C@H](C)N(Cc1ccc(Cl)cc1)C(=O)COc1ccc(C)cc1. The van der Waals surface area contributed by atoms with Crippen molar-refractivity contribution >= 4 is 23.4 Å². The summed E-state index contributed by atoms with van der Waals surface area (Å²) in [7, 11) is 0. The first-order chi connectivity index (χ1) is 13.8. The summed E-state index contributed by atoms with van der Waals surface area (Å²) < 4.78 is 5.65. The van der Waals surface area contributed by atoms with Crippen molar-refractivity contribution in [1.29, 1.82) is 0 Å². The van der Waals surface area contributed by atoms with Gasteiger partial charge in [-0.3, -0.25) is 9.59 Å². The zero-order chi connectivity index (χ0) is 21.4. The van der Waals surface area contributed by atoms with Crippen LogP contribution in [-0.2, 0) is 16.1 Å². The second-order valence-corrected chi connectivity index (χ2v) is 7.68. The van der Waals surface area contributed by atoms with E-state index >= 15 is 0 Å². The van der Waals surface area contributed by atoms with Gasteiger partial charge in [0.25, 0.3) is 5.91 Å². The van der Waals surface area contributed by atoms with Crippen molar-refractivity contribution in [1.82, 2.24) is 10.2 Å². The minimum atomic E-state index is -0.631. The third kappa shape index (κ3) is 7.09. The van der Waals surface area contributed by atoms with E-state index in [1.54, 1.807) is 19.1 Å². The molecule has 0 spiro atoms. The molecule has 0 saturated carbocycles. The average molecular weight is 417 g/mol. The fourth-order valence-corrected chi connectivity index (χ4v) is 2.82. The van der Waals surface area contributed by atoms with Crippen LogP contribution >= 0.6 is 11.6 Å². The normalized spacial score (nSPS) is 12.7. The summed E-state index contributed by atoms with van der Waals surface area (Å²) >= 11 is 5.96. The molecule has 0 aliphatic heterocycles. The van der Waals surface area contributed by atoms with Crippen LogP contribution in [0.3, 0.4) is 0 Å². The van der Waals surface area contributed by atoms with Crippen LogP contribution in [0, 0.1) is 6.92 Å². The van der Waals surface area contributed by atoms with Gasteiger partial charge in [-0.25, -0.2) is 0 Å². The van der Waals surface area contributed by atoms with Crippen LogP contribution in [-0.4, -0.2) is 35.4 Å². The van der Waals surface area contributed by atoms with Crippen LogP contribution in [0.1, 0.15) is 38.3 Å². The molecule has 2 aromatic carbocycles. The molecular weight excluding hydrogens is 388 g/mol.